The molecule has 26 heavy (non-hydrogen) atoms. The van der Waals surface area contributed by atoms with Crippen LogP contribution in [0.3, 0.4) is 0 Å². The third-order valence-electron chi connectivity index (χ3n) is 6.58. The second-order valence-corrected chi connectivity index (χ2v) is 8.19. The summed E-state index contributed by atoms with van der Waals surface area (Å²) in [6.45, 7) is 7.19. The summed E-state index contributed by atoms with van der Waals surface area (Å²) >= 11 is 0. The van der Waals surface area contributed by atoms with Gasteiger partial charge in [0.2, 0.25) is 0 Å². The van der Waals surface area contributed by atoms with E-state index in [1.54, 1.807) is 0 Å². The maximum Gasteiger partial charge on any atom is 0.0594 e. The molecule has 3 N–H and O–H groups in total. The van der Waals surface area contributed by atoms with Crippen molar-refractivity contribution < 1.29 is 4.74 Å². The van der Waals surface area contributed by atoms with Crippen LogP contribution in [0.15, 0.2) is 30.3 Å². The number of benzene rings is 1. The van der Waals surface area contributed by atoms with Crippen LogP contribution in [0.5, 0.6) is 0 Å². The Morgan fingerprint density at radius 2 is 1.85 bits per heavy atom. The van der Waals surface area contributed by atoms with Crippen molar-refractivity contribution >= 4 is 0 Å². The Hall–Kier alpha value is -0.980. The number of rotatable bonds is 6. The molecule has 144 valence electrons. The van der Waals surface area contributed by atoms with Crippen molar-refractivity contribution in [1.82, 2.24) is 21.1 Å². The van der Waals surface area contributed by atoms with Gasteiger partial charge < -0.3 is 10.1 Å². The first-order valence-electron chi connectivity index (χ1n) is 10.4. The average molecular weight is 359 g/mol. The predicted molar refractivity (Wildman–Crippen MR) is 105 cm³/mol. The molecule has 0 bridgehead atoms. The number of ether oxygens (including phenoxy) is 1. The third-order valence-corrected chi connectivity index (χ3v) is 6.58. The van der Waals surface area contributed by atoms with Gasteiger partial charge in [-0.15, -0.1) is 0 Å². The zero-order chi connectivity index (χ0) is 17.7. The fraction of sp³-hybridized carbons (Fsp3) is 0.714. The molecule has 1 saturated carbocycles. The zero-order valence-corrected chi connectivity index (χ0v) is 15.9. The molecule has 4 rings (SSSR count). The Morgan fingerprint density at radius 1 is 1.08 bits per heavy atom. The Labute approximate surface area is 157 Å². The fourth-order valence-corrected chi connectivity index (χ4v) is 5.08. The first-order chi connectivity index (χ1) is 12.9. The van der Waals surface area contributed by atoms with Crippen molar-refractivity contribution in [3.8, 4) is 0 Å². The molecule has 1 aromatic rings. The molecule has 2 saturated heterocycles. The van der Waals surface area contributed by atoms with Gasteiger partial charge in [-0.1, -0.05) is 49.6 Å². The number of morpholine rings is 1. The van der Waals surface area contributed by atoms with Gasteiger partial charge in [-0.05, 0) is 18.4 Å². The average Bonchev–Trinajstić information content (AvgIpc) is 3.19. The Kier molecular flexibility index (Phi) is 6.23. The van der Waals surface area contributed by atoms with Crippen LogP contribution >= 0.6 is 0 Å². The normalized spacial score (nSPS) is 29.7. The van der Waals surface area contributed by atoms with Gasteiger partial charge in [0.05, 0.1) is 19.3 Å². The summed E-state index contributed by atoms with van der Waals surface area (Å²) in [7, 11) is 0. The summed E-state index contributed by atoms with van der Waals surface area (Å²) in [5.41, 5.74) is 8.56. The third kappa shape index (κ3) is 4.12. The van der Waals surface area contributed by atoms with Crippen LogP contribution in [-0.4, -0.2) is 56.4 Å². The maximum atomic E-state index is 5.61. The number of hydrogen-bond donors (Lipinski definition) is 3. The molecule has 2 unspecified atom stereocenters. The van der Waals surface area contributed by atoms with Gasteiger partial charge in [-0.25, -0.2) is 5.43 Å². The minimum Gasteiger partial charge on any atom is -0.379 e. The van der Waals surface area contributed by atoms with E-state index >= 15 is 0 Å². The lowest BCUT2D eigenvalue weighted by atomic mass is 9.79. The van der Waals surface area contributed by atoms with Crippen molar-refractivity contribution in [3.63, 3.8) is 0 Å². The van der Waals surface area contributed by atoms with Crippen LogP contribution in [-0.2, 0) is 4.74 Å². The molecule has 2 heterocycles. The number of nitrogens with zero attached hydrogens (tertiary/aromatic N) is 1. The lowest BCUT2D eigenvalue weighted by molar-refractivity contribution is -0.0370. The fourth-order valence-electron chi connectivity index (χ4n) is 5.08. The topological polar surface area (TPSA) is 48.6 Å². The molecule has 0 aromatic heterocycles. The van der Waals surface area contributed by atoms with Crippen molar-refractivity contribution in [3.05, 3.63) is 35.9 Å². The van der Waals surface area contributed by atoms with Crippen molar-refractivity contribution in [2.45, 2.75) is 43.7 Å². The van der Waals surface area contributed by atoms with Crippen molar-refractivity contribution in [2.24, 2.45) is 5.92 Å². The van der Waals surface area contributed by atoms with Gasteiger partial charge in [0.25, 0.3) is 0 Å². The van der Waals surface area contributed by atoms with Gasteiger partial charge in [0.1, 0.15) is 0 Å². The lowest BCUT2D eigenvalue weighted by Gasteiger charge is -2.48. The molecule has 3 fully saturated rings. The molecule has 0 radical (unpaired) electrons. The largest absolute Gasteiger partial charge is 0.379 e. The Morgan fingerprint density at radius 3 is 2.62 bits per heavy atom. The molecule has 2 atom stereocenters. The first kappa shape index (κ1) is 18.4. The molecule has 0 amide bonds. The van der Waals surface area contributed by atoms with E-state index in [2.05, 4.69) is 51.4 Å². The van der Waals surface area contributed by atoms with E-state index < -0.39 is 0 Å². The summed E-state index contributed by atoms with van der Waals surface area (Å²) < 4.78 is 5.61. The standard InChI is InChI=1S/C21H34N4O/c1-3-7-18(8-4-1)20-19(16-23-24-20)15-22-17-21(9-5-2-6-10-21)25-11-13-26-14-12-25/h1,3-4,7-8,19-20,22-24H,2,5-6,9-17H2. The van der Waals surface area contributed by atoms with Crippen LogP contribution in [0.4, 0.5) is 0 Å². The van der Waals surface area contributed by atoms with Gasteiger partial charge in [-0.3, -0.25) is 10.3 Å². The maximum absolute atomic E-state index is 5.61. The van der Waals surface area contributed by atoms with E-state index in [1.165, 1.54) is 37.7 Å². The summed E-state index contributed by atoms with van der Waals surface area (Å²) in [4.78, 5) is 2.72. The Balaban J connectivity index is 1.35. The van der Waals surface area contributed by atoms with E-state index in [1.807, 2.05) is 0 Å². The minimum atomic E-state index is 0.351. The molecule has 2 aliphatic heterocycles. The minimum absolute atomic E-state index is 0.351. The van der Waals surface area contributed by atoms with E-state index in [9.17, 15) is 0 Å². The molecule has 1 aromatic carbocycles. The number of hydrogen-bond acceptors (Lipinski definition) is 5. The van der Waals surface area contributed by atoms with E-state index in [-0.39, 0.29) is 0 Å². The van der Waals surface area contributed by atoms with E-state index in [0.29, 0.717) is 17.5 Å². The highest BCUT2D eigenvalue weighted by molar-refractivity contribution is 5.20. The summed E-state index contributed by atoms with van der Waals surface area (Å²) in [6.07, 6.45) is 6.82. The molecule has 0 spiro atoms. The van der Waals surface area contributed by atoms with Gasteiger partial charge in [-0.2, -0.15) is 0 Å². The quantitative estimate of drug-likeness (QED) is 0.727. The molecular formula is C21H34N4O. The van der Waals surface area contributed by atoms with Crippen LogP contribution in [0.25, 0.3) is 0 Å². The van der Waals surface area contributed by atoms with Crippen molar-refractivity contribution in [1.29, 1.82) is 0 Å². The predicted octanol–water partition coefficient (Wildman–Crippen LogP) is 2.08. The molecule has 5 heteroatoms. The second kappa shape index (κ2) is 8.81. The number of nitrogens with one attached hydrogen (secondary N) is 3. The summed E-state index contributed by atoms with van der Waals surface area (Å²) in [5, 5.41) is 3.87. The molecule has 1 aliphatic carbocycles. The monoisotopic (exact) mass is 358 g/mol. The second-order valence-electron chi connectivity index (χ2n) is 8.19. The van der Waals surface area contributed by atoms with Crippen molar-refractivity contribution in [2.75, 3.05) is 45.9 Å². The Bertz CT molecular complexity index is 540. The molecule has 5 nitrogen and oxygen atoms in total. The highest BCUT2D eigenvalue weighted by atomic mass is 16.5. The smallest absolute Gasteiger partial charge is 0.0594 e. The van der Waals surface area contributed by atoms with Crippen LogP contribution in [0.2, 0.25) is 0 Å². The van der Waals surface area contributed by atoms with Gasteiger partial charge in [0.15, 0.2) is 0 Å². The summed E-state index contributed by atoms with van der Waals surface area (Å²) in [6, 6.07) is 11.2. The number of hydrazine groups is 1. The van der Waals surface area contributed by atoms with Crippen LogP contribution in [0.1, 0.15) is 43.7 Å². The van der Waals surface area contributed by atoms with Gasteiger partial charge >= 0.3 is 0 Å². The molecular weight excluding hydrogens is 324 g/mol. The van der Waals surface area contributed by atoms with E-state index in [0.717, 1.165) is 45.9 Å². The van der Waals surface area contributed by atoms with E-state index in [4.69, 9.17) is 4.74 Å². The van der Waals surface area contributed by atoms with Crippen LogP contribution in [0, 0.1) is 5.92 Å². The first-order valence-corrected chi connectivity index (χ1v) is 10.4. The lowest BCUT2D eigenvalue weighted by Crippen LogP contribution is -2.59. The highest BCUT2D eigenvalue weighted by Gasteiger charge is 2.38. The summed E-state index contributed by atoms with van der Waals surface area (Å²) in [5.74, 6) is 0.586. The van der Waals surface area contributed by atoms with Crippen LogP contribution < -0.4 is 16.2 Å². The zero-order valence-electron chi connectivity index (χ0n) is 15.9. The molecule has 3 aliphatic rings. The SMILES string of the molecule is c1ccc(C2NNCC2CNCC2(N3CCOCC3)CCCCC2)cc1. The van der Waals surface area contributed by atoms with Gasteiger partial charge in [0, 0.05) is 44.2 Å². The highest BCUT2D eigenvalue weighted by Crippen LogP contribution is 2.34.